The molecule has 1 aromatic carbocycles. The first kappa shape index (κ1) is 18.4. The van der Waals surface area contributed by atoms with E-state index in [-0.39, 0.29) is 42.7 Å². The first-order valence-corrected chi connectivity index (χ1v) is 9.00. The molecule has 0 aromatic heterocycles. The molecule has 0 aliphatic carbocycles. The number of piperidine rings is 1. The molecule has 1 atom stereocenters. The Morgan fingerprint density at radius 1 is 1.23 bits per heavy atom. The van der Waals surface area contributed by atoms with Gasteiger partial charge in [-0.2, -0.15) is 0 Å². The van der Waals surface area contributed by atoms with E-state index >= 15 is 0 Å². The van der Waals surface area contributed by atoms with E-state index in [0.29, 0.717) is 31.6 Å². The van der Waals surface area contributed by atoms with Crippen molar-refractivity contribution in [2.45, 2.75) is 32.2 Å². The van der Waals surface area contributed by atoms with Gasteiger partial charge in [-0.05, 0) is 45.0 Å². The first-order valence-electron chi connectivity index (χ1n) is 9.00. The second-order valence-corrected chi connectivity index (χ2v) is 6.96. The number of hydrogen-bond donors (Lipinski definition) is 1. The molecule has 0 spiro atoms. The average molecular weight is 359 g/mol. The molecule has 2 amide bonds. The van der Waals surface area contributed by atoms with Gasteiger partial charge in [-0.3, -0.25) is 19.3 Å². The third kappa shape index (κ3) is 3.88. The standard InChI is InChI=1S/C19H25N3O4/c1-13-11-17(23)20-15-5-3-4-6-16(15)22(13)18(24)12-21-9-7-14(8-10-21)19(25)26-2/h3-6,13-14H,7-12H2,1-2H3,(H,20,23)/t13-/m1/s1. The van der Waals surface area contributed by atoms with Gasteiger partial charge in [0, 0.05) is 12.5 Å². The lowest BCUT2D eigenvalue weighted by Gasteiger charge is -2.33. The number of carbonyl (C=O) groups is 3. The number of nitrogens with one attached hydrogen (secondary N) is 1. The Hall–Kier alpha value is -2.41. The molecule has 7 nitrogen and oxygen atoms in total. The summed E-state index contributed by atoms with van der Waals surface area (Å²) in [6, 6.07) is 7.17. The normalized spacial score (nSPS) is 21.5. The highest BCUT2D eigenvalue weighted by Gasteiger charge is 2.32. The van der Waals surface area contributed by atoms with Gasteiger partial charge in [0.1, 0.15) is 0 Å². The molecule has 1 N–H and O–H groups in total. The highest BCUT2D eigenvalue weighted by Crippen LogP contribution is 2.31. The predicted octanol–water partition coefficient (Wildman–Crippen LogP) is 1.64. The molecule has 2 aliphatic rings. The topological polar surface area (TPSA) is 79.0 Å². The second kappa shape index (κ2) is 7.86. The summed E-state index contributed by atoms with van der Waals surface area (Å²) in [7, 11) is 1.41. The molecule has 3 rings (SSSR count). The van der Waals surface area contributed by atoms with Crippen LogP contribution in [-0.2, 0) is 19.1 Å². The zero-order chi connectivity index (χ0) is 18.7. The number of hydrogen-bond acceptors (Lipinski definition) is 5. The summed E-state index contributed by atoms with van der Waals surface area (Å²) in [5.74, 6) is -0.362. The number of methoxy groups -OCH3 is 1. The Morgan fingerprint density at radius 2 is 1.92 bits per heavy atom. The van der Waals surface area contributed by atoms with E-state index in [1.807, 2.05) is 31.2 Å². The molecule has 140 valence electrons. The molecule has 0 radical (unpaired) electrons. The largest absolute Gasteiger partial charge is 0.469 e. The van der Waals surface area contributed by atoms with Crippen LogP contribution in [0.5, 0.6) is 0 Å². The molecule has 1 aromatic rings. The highest BCUT2D eigenvalue weighted by atomic mass is 16.5. The molecule has 26 heavy (non-hydrogen) atoms. The SMILES string of the molecule is COC(=O)C1CCN(CC(=O)N2c3ccccc3NC(=O)C[C@H]2C)CC1. The summed E-state index contributed by atoms with van der Waals surface area (Å²) in [5.41, 5.74) is 1.40. The smallest absolute Gasteiger partial charge is 0.308 e. The third-order valence-electron chi connectivity index (χ3n) is 5.11. The Labute approximate surface area is 153 Å². The van der Waals surface area contributed by atoms with Gasteiger partial charge in [0.05, 0.1) is 30.9 Å². The zero-order valence-corrected chi connectivity index (χ0v) is 15.2. The fourth-order valence-electron chi connectivity index (χ4n) is 3.73. The number of rotatable bonds is 3. The molecule has 0 unspecified atom stereocenters. The van der Waals surface area contributed by atoms with Crippen LogP contribution in [0.25, 0.3) is 0 Å². The molecular weight excluding hydrogens is 334 g/mol. The van der Waals surface area contributed by atoms with E-state index in [0.717, 1.165) is 5.69 Å². The van der Waals surface area contributed by atoms with E-state index in [9.17, 15) is 14.4 Å². The molecular formula is C19H25N3O4. The maximum absolute atomic E-state index is 13.0. The molecule has 2 heterocycles. The van der Waals surface area contributed by atoms with Crippen molar-refractivity contribution >= 4 is 29.2 Å². The minimum Gasteiger partial charge on any atom is -0.469 e. The number of para-hydroxylation sites is 2. The van der Waals surface area contributed by atoms with Crippen LogP contribution < -0.4 is 10.2 Å². The second-order valence-electron chi connectivity index (χ2n) is 6.96. The van der Waals surface area contributed by atoms with Gasteiger partial charge < -0.3 is 15.0 Å². The van der Waals surface area contributed by atoms with Gasteiger partial charge in [-0.15, -0.1) is 0 Å². The van der Waals surface area contributed by atoms with Gasteiger partial charge >= 0.3 is 5.97 Å². The predicted molar refractivity (Wildman–Crippen MR) is 97.8 cm³/mol. The van der Waals surface area contributed by atoms with Crippen molar-refractivity contribution in [3.8, 4) is 0 Å². The summed E-state index contributed by atoms with van der Waals surface area (Å²) in [6.07, 6.45) is 1.67. The minimum absolute atomic E-state index is 0.0297. The summed E-state index contributed by atoms with van der Waals surface area (Å²) in [5, 5.41) is 2.87. The summed E-state index contributed by atoms with van der Waals surface area (Å²) >= 11 is 0. The number of fused-ring (bicyclic) bond motifs is 1. The average Bonchev–Trinajstić information content (AvgIpc) is 2.75. The van der Waals surface area contributed by atoms with Gasteiger partial charge in [0.25, 0.3) is 0 Å². The number of amides is 2. The summed E-state index contributed by atoms with van der Waals surface area (Å²) in [6.45, 7) is 3.54. The Morgan fingerprint density at radius 3 is 2.62 bits per heavy atom. The van der Waals surface area contributed by atoms with Crippen LogP contribution in [0.4, 0.5) is 11.4 Å². The Bertz CT molecular complexity index is 698. The lowest BCUT2D eigenvalue weighted by molar-refractivity contribution is -0.147. The maximum Gasteiger partial charge on any atom is 0.308 e. The van der Waals surface area contributed by atoms with Crippen molar-refractivity contribution in [3.63, 3.8) is 0 Å². The maximum atomic E-state index is 13.0. The van der Waals surface area contributed by atoms with Crippen molar-refractivity contribution in [2.24, 2.45) is 5.92 Å². The number of carbonyl (C=O) groups excluding carboxylic acids is 3. The van der Waals surface area contributed by atoms with Crippen LogP contribution in [0.3, 0.4) is 0 Å². The lowest BCUT2D eigenvalue weighted by atomic mass is 9.97. The van der Waals surface area contributed by atoms with Crippen molar-refractivity contribution in [2.75, 3.05) is 37.0 Å². The Balaban J connectivity index is 1.69. The van der Waals surface area contributed by atoms with E-state index in [2.05, 4.69) is 10.2 Å². The van der Waals surface area contributed by atoms with Gasteiger partial charge in [0.15, 0.2) is 0 Å². The van der Waals surface area contributed by atoms with Crippen molar-refractivity contribution in [3.05, 3.63) is 24.3 Å². The van der Waals surface area contributed by atoms with Crippen LogP contribution >= 0.6 is 0 Å². The van der Waals surface area contributed by atoms with E-state index < -0.39 is 0 Å². The van der Waals surface area contributed by atoms with Crippen LogP contribution in [0.2, 0.25) is 0 Å². The number of anilines is 2. The van der Waals surface area contributed by atoms with E-state index in [1.165, 1.54) is 7.11 Å². The molecule has 0 bridgehead atoms. The fraction of sp³-hybridized carbons (Fsp3) is 0.526. The van der Waals surface area contributed by atoms with Crippen LogP contribution in [0, 0.1) is 5.92 Å². The highest BCUT2D eigenvalue weighted by molar-refractivity contribution is 6.04. The van der Waals surface area contributed by atoms with Crippen LogP contribution in [0.15, 0.2) is 24.3 Å². The molecule has 7 heteroatoms. The number of nitrogens with zero attached hydrogens (tertiary/aromatic N) is 2. The third-order valence-corrected chi connectivity index (χ3v) is 5.11. The summed E-state index contributed by atoms with van der Waals surface area (Å²) in [4.78, 5) is 40.5. The molecule has 1 fully saturated rings. The van der Waals surface area contributed by atoms with Gasteiger partial charge in [0.2, 0.25) is 11.8 Å². The fourth-order valence-corrected chi connectivity index (χ4v) is 3.73. The monoisotopic (exact) mass is 359 g/mol. The van der Waals surface area contributed by atoms with Crippen LogP contribution in [0.1, 0.15) is 26.2 Å². The summed E-state index contributed by atoms with van der Waals surface area (Å²) < 4.78 is 4.81. The lowest BCUT2D eigenvalue weighted by Crippen LogP contribution is -2.47. The first-order chi connectivity index (χ1) is 12.5. The Kier molecular flexibility index (Phi) is 5.56. The van der Waals surface area contributed by atoms with Gasteiger partial charge in [-0.1, -0.05) is 12.1 Å². The quantitative estimate of drug-likeness (QED) is 0.830. The van der Waals surface area contributed by atoms with Crippen molar-refractivity contribution < 1.29 is 19.1 Å². The van der Waals surface area contributed by atoms with E-state index in [4.69, 9.17) is 4.74 Å². The number of likely N-dealkylation sites (tertiary alicyclic amines) is 1. The minimum atomic E-state index is -0.209. The molecule has 0 saturated carbocycles. The van der Waals surface area contributed by atoms with Crippen molar-refractivity contribution in [1.29, 1.82) is 0 Å². The molecule has 2 aliphatic heterocycles. The van der Waals surface area contributed by atoms with Gasteiger partial charge in [-0.25, -0.2) is 0 Å². The molecule has 1 saturated heterocycles. The number of esters is 1. The number of ether oxygens (including phenoxy) is 1. The van der Waals surface area contributed by atoms with E-state index in [1.54, 1.807) is 4.90 Å². The number of benzene rings is 1. The zero-order valence-electron chi connectivity index (χ0n) is 15.2. The van der Waals surface area contributed by atoms with Crippen molar-refractivity contribution in [1.82, 2.24) is 4.90 Å². The van der Waals surface area contributed by atoms with Crippen LogP contribution in [-0.4, -0.2) is 55.5 Å².